The summed E-state index contributed by atoms with van der Waals surface area (Å²) in [4.78, 5) is 8.63. The Balaban J connectivity index is 2.03. The number of imidazole rings is 1. The maximum Gasteiger partial charge on any atom is 0.150 e. The fourth-order valence-corrected chi connectivity index (χ4v) is 1.72. The Morgan fingerprint density at radius 2 is 2.29 bits per heavy atom. The number of nitrogens with zero attached hydrogens (tertiary/aromatic N) is 3. The molecular weight excluding hydrogens is 214 g/mol. The van der Waals surface area contributed by atoms with Crippen molar-refractivity contribution < 1.29 is 4.42 Å². The van der Waals surface area contributed by atoms with Gasteiger partial charge in [-0.1, -0.05) is 12.1 Å². The lowest BCUT2D eigenvalue weighted by molar-refractivity contribution is 0.572. The predicted octanol–water partition coefficient (Wildman–Crippen LogP) is 2.92. The Bertz CT molecular complexity index is 679. The van der Waals surface area contributed by atoms with Gasteiger partial charge in [0.15, 0.2) is 5.82 Å². The van der Waals surface area contributed by atoms with Crippen LogP contribution in [0.5, 0.6) is 0 Å². The molecule has 3 aromatic rings. The Morgan fingerprint density at radius 1 is 1.35 bits per heavy atom. The fraction of sp³-hybridized carbons (Fsp3) is 0.0769. The van der Waals surface area contributed by atoms with E-state index in [0.717, 1.165) is 22.3 Å². The van der Waals surface area contributed by atoms with E-state index in [2.05, 4.69) is 9.98 Å². The third-order valence-corrected chi connectivity index (χ3v) is 2.68. The van der Waals surface area contributed by atoms with Crippen molar-refractivity contribution >= 4 is 22.7 Å². The van der Waals surface area contributed by atoms with Gasteiger partial charge < -0.3 is 8.98 Å². The van der Waals surface area contributed by atoms with Crippen molar-refractivity contribution in [1.82, 2.24) is 9.55 Å². The normalized spacial score (nSPS) is 11.6. The molecule has 0 aliphatic rings. The van der Waals surface area contributed by atoms with Gasteiger partial charge in [0.2, 0.25) is 0 Å². The van der Waals surface area contributed by atoms with Gasteiger partial charge in [0, 0.05) is 30.2 Å². The minimum Gasteiger partial charge on any atom is -0.471 e. The first-order chi connectivity index (χ1) is 8.34. The van der Waals surface area contributed by atoms with E-state index in [9.17, 15) is 0 Å². The molecule has 1 aromatic carbocycles. The Labute approximate surface area is 98.2 Å². The Morgan fingerprint density at radius 3 is 3.12 bits per heavy atom. The molecule has 0 saturated heterocycles. The molecule has 0 radical (unpaired) electrons. The number of benzene rings is 1. The molecule has 0 fully saturated rings. The average Bonchev–Trinajstić information content (AvgIpc) is 2.95. The SMILES string of the molecule is Cn1ccnc1C=Nc1cccc2cocc12. The summed E-state index contributed by atoms with van der Waals surface area (Å²) in [5.74, 6) is 0.825. The topological polar surface area (TPSA) is 43.3 Å². The first-order valence-corrected chi connectivity index (χ1v) is 5.31. The smallest absolute Gasteiger partial charge is 0.150 e. The third-order valence-electron chi connectivity index (χ3n) is 2.68. The van der Waals surface area contributed by atoms with Gasteiger partial charge in [-0.15, -0.1) is 0 Å². The van der Waals surface area contributed by atoms with Crippen LogP contribution in [0.15, 0.2) is 52.5 Å². The first-order valence-electron chi connectivity index (χ1n) is 5.31. The van der Waals surface area contributed by atoms with Gasteiger partial charge >= 0.3 is 0 Å². The Kier molecular flexibility index (Phi) is 2.26. The number of aliphatic imine (C=N–C) groups is 1. The Hall–Kier alpha value is -2.36. The summed E-state index contributed by atoms with van der Waals surface area (Å²) < 4.78 is 7.09. The standard InChI is InChI=1S/C13H11N3O/c1-16-6-5-14-13(16)7-15-12-4-2-3-10-8-17-9-11(10)12/h2-9H,1H3. The van der Waals surface area contributed by atoms with Crippen molar-refractivity contribution in [1.29, 1.82) is 0 Å². The van der Waals surface area contributed by atoms with Gasteiger partial charge in [-0.3, -0.25) is 4.99 Å². The van der Waals surface area contributed by atoms with E-state index in [4.69, 9.17) is 4.42 Å². The van der Waals surface area contributed by atoms with Crippen LogP contribution in [0.1, 0.15) is 5.82 Å². The summed E-state index contributed by atoms with van der Waals surface area (Å²) in [5, 5.41) is 2.07. The second-order valence-corrected chi connectivity index (χ2v) is 3.81. The van der Waals surface area contributed by atoms with Crippen LogP contribution in [-0.2, 0) is 7.05 Å². The molecular formula is C13H11N3O. The van der Waals surface area contributed by atoms with Crippen molar-refractivity contribution in [2.45, 2.75) is 0 Å². The van der Waals surface area contributed by atoms with Crippen LogP contribution in [-0.4, -0.2) is 15.8 Å². The quantitative estimate of drug-likeness (QED) is 0.629. The van der Waals surface area contributed by atoms with Gasteiger partial charge in [-0.25, -0.2) is 4.98 Å². The molecule has 0 aliphatic heterocycles. The highest BCUT2D eigenvalue weighted by molar-refractivity contribution is 5.93. The lowest BCUT2D eigenvalue weighted by atomic mass is 10.2. The lowest BCUT2D eigenvalue weighted by Crippen LogP contribution is -1.94. The predicted molar refractivity (Wildman–Crippen MR) is 66.7 cm³/mol. The largest absolute Gasteiger partial charge is 0.471 e. The van der Waals surface area contributed by atoms with E-state index in [1.807, 2.05) is 36.0 Å². The summed E-state index contributed by atoms with van der Waals surface area (Å²) in [5.41, 5.74) is 0.888. The molecule has 2 aromatic heterocycles. The van der Waals surface area contributed by atoms with E-state index < -0.39 is 0 Å². The molecule has 0 atom stereocenters. The van der Waals surface area contributed by atoms with Crippen molar-refractivity contribution in [3.05, 3.63) is 48.9 Å². The summed E-state index contributed by atoms with van der Waals surface area (Å²) in [6, 6.07) is 5.92. The number of furan rings is 1. The maximum atomic E-state index is 5.17. The minimum atomic E-state index is 0.825. The van der Waals surface area contributed by atoms with Crippen LogP contribution in [0.2, 0.25) is 0 Å². The van der Waals surface area contributed by atoms with E-state index in [1.165, 1.54) is 0 Å². The molecule has 17 heavy (non-hydrogen) atoms. The van der Waals surface area contributed by atoms with Gasteiger partial charge in [-0.2, -0.15) is 0 Å². The first kappa shape index (κ1) is 9.84. The highest BCUT2D eigenvalue weighted by Gasteiger charge is 2.01. The van der Waals surface area contributed by atoms with Crippen LogP contribution < -0.4 is 0 Å². The molecule has 0 saturated carbocycles. The average molecular weight is 225 g/mol. The summed E-state index contributed by atoms with van der Waals surface area (Å²) in [7, 11) is 1.94. The lowest BCUT2D eigenvalue weighted by Gasteiger charge is -1.96. The van der Waals surface area contributed by atoms with E-state index in [0.29, 0.717) is 0 Å². The number of fused-ring (bicyclic) bond motifs is 1. The number of aromatic nitrogens is 2. The molecule has 3 rings (SSSR count). The van der Waals surface area contributed by atoms with Crippen LogP contribution in [0.3, 0.4) is 0 Å². The zero-order chi connectivity index (χ0) is 11.7. The second-order valence-electron chi connectivity index (χ2n) is 3.81. The molecule has 0 bridgehead atoms. The highest BCUT2D eigenvalue weighted by Crippen LogP contribution is 2.26. The molecule has 4 nitrogen and oxygen atoms in total. The van der Waals surface area contributed by atoms with Crippen molar-refractivity contribution in [2.75, 3.05) is 0 Å². The van der Waals surface area contributed by atoms with Crippen LogP contribution in [0.25, 0.3) is 10.8 Å². The van der Waals surface area contributed by atoms with Gasteiger partial charge in [0.1, 0.15) is 6.26 Å². The third kappa shape index (κ3) is 1.73. The molecule has 0 unspecified atom stereocenters. The number of aryl methyl sites for hydroxylation is 1. The van der Waals surface area contributed by atoms with E-state index >= 15 is 0 Å². The zero-order valence-electron chi connectivity index (χ0n) is 9.37. The molecule has 0 N–H and O–H groups in total. The van der Waals surface area contributed by atoms with Crippen molar-refractivity contribution in [3.63, 3.8) is 0 Å². The molecule has 4 heteroatoms. The molecule has 0 amide bonds. The zero-order valence-corrected chi connectivity index (χ0v) is 9.37. The van der Waals surface area contributed by atoms with Crippen molar-refractivity contribution in [3.8, 4) is 0 Å². The van der Waals surface area contributed by atoms with Gasteiger partial charge in [0.05, 0.1) is 18.2 Å². The highest BCUT2D eigenvalue weighted by atomic mass is 16.3. The minimum absolute atomic E-state index is 0.825. The maximum absolute atomic E-state index is 5.17. The number of hydrogen-bond acceptors (Lipinski definition) is 3. The van der Waals surface area contributed by atoms with E-state index in [1.54, 1.807) is 24.9 Å². The molecule has 2 heterocycles. The fourth-order valence-electron chi connectivity index (χ4n) is 1.72. The summed E-state index contributed by atoms with van der Waals surface area (Å²) in [6.45, 7) is 0. The van der Waals surface area contributed by atoms with Crippen LogP contribution >= 0.6 is 0 Å². The van der Waals surface area contributed by atoms with Crippen LogP contribution in [0.4, 0.5) is 5.69 Å². The summed E-state index contributed by atoms with van der Waals surface area (Å²) >= 11 is 0. The van der Waals surface area contributed by atoms with Gasteiger partial charge in [0.25, 0.3) is 0 Å². The van der Waals surface area contributed by atoms with E-state index in [-0.39, 0.29) is 0 Å². The number of rotatable bonds is 2. The molecule has 0 aliphatic carbocycles. The number of hydrogen-bond donors (Lipinski definition) is 0. The van der Waals surface area contributed by atoms with Gasteiger partial charge in [-0.05, 0) is 6.07 Å². The van der Waals surface area contributed by atoms with Crippen LogP contribution in [0, 0.1) is 0 Å². The molecule has 84 valence electrons. The second kappa shape index (κ2) is 3.90. The monoisotopic (exact) mass is 225 g/mol. The molecule has 0 spiro atoms. The summed E-state index contributed by atoms with van der Waals surface area (Å²) in [6.07, 6.45) is 8.82. The van der Waals surface area contributed by atoms with Crippen molar-refractivity contribution in [2.24, 2.45) is 12.0 Å².